The van der Waals surface area contributed by atoms with E-state index >= 15 is 0 Å². The Kier molecular flexibility index (Phi) is 5.68. The van der Waals surface area contributed by atoms with Crippen LogP contribution in [0.4, 0.5) is 4.79 Å². The molecule has 136 valence electrons. The van der Waals surface area contributed by atoms with Crippen LogP contribution in [0, 0.1) is 5.92 Å². The number of nitrogens with zero attached hydrogens (tertiary/aromatic N) is 1. The number of ether oxygens (including phenoxy) is 1. The predicted octanol–water partition coefficient (Wildman–Crippen LogP) is 3.32. The van der Waals surface area contributed by atoms with Crippen LogP contribution >= 0.6 is 0 Å². The molecule has 25 heavy (non-hydrogen) atoms. The van der Waals surface area contributed by atoms with Crippen LogP contribution in [0.15, 0.2) is 42.5 Å². The van der Waals surface area contributed by atoms with E-state index in [-0.39, 0.29) is 0 Å². The van der Waals surface area contributed by atoms with Crippen LogP contribution in [0.5, 0.6) is 0 Å². The number of hydrogen-bond acceptors (Lipinski definition) is 4. The Morgan fingerprint density at radius 2 is 1.96 bits per heavy atom. The van der Waals surface area contributed by atoms with E-state index in [1.54, 1.807) is 20.8 Å². The van der Waals surface area contributed by atoms with Crippen molar-refractivity contribution >= 4 is 12.0 Å². The van der Waals surface area contributed by atoms with Crippen LogP contribution in [0.1, 0.15) is 39.7 Å². The summed E-state index contributed by atoms with van der Waals surface area (Å²) in [6, 6.07) is 9.24. The number of imide groups is 1. The van der Waals surface area contributed by atoms with E-state index in [2.05, 4.69) is 6.58 Å². The molecule has 0 saturated carbocycles. The average molecular weight is 345 g/mol. The van der Waals surface area contributed by atoms with Gasteiger partial charge in [0.25, 0.3) is 0 Å². The number of cyclic esters (lactones) is 1. The van der Waals surface area contributed by atoms with E-state index in [1.165, 1.54) is 4.90 Å². The molecule has 1 aliphatic heterocycles. The van der Waals surface area contributed by atoms with Gasteiger partial charge in [-0.15, -0.1) is 0 Å². The molecule has 1 fully saturated rings. The Bertz CT molecular complexity index is 653. The van der Waals surface area contributed by atoms with E-state index < -0.39 is 35.7 Å². The maximum Gasteiger partial charge on any atom is 0.417 e. The lowest BCUT2D eigenvalue weighted by molar-refractivity contribution is -0.136. The fraction of sp³-hybridized carbons (Fsp3) is 0.500. The van der Waals surface area contributed by atoms with E-state index in [1.807, 2.05) is 37.3 Å². The first-order valence-corrected chi connectivity index (χ1v) is 8.64. The molecule has 0 spiro atoms. The molecule has 0 bridgehead atoms. The number of carbonyl (C=O) groups excluding carboxylic acids is 2. The molecule has 0 aliphatic carbocycles. The maximum absolute atomic E-state index is 12.9. The molecule has 2 amide bonds. The van der Waals surface area contributed by atoms with Crippen molar-refractivity contribution in [3.63, 3.8) is 0 Å². The fourth-order valence-corrected chi connectivity index (χ4v) is 3.12. The highest BCUT2D eigenvalue weighted by atomic mass is 16.6. The second kappa shape index (κ2) is 7.40. The Balaban J connectivity index is 2.27. The van der Waals surface area contributed by atoms with Crippen molar-refractivity contribution in [1.82, 2.24) is 4.90 Å². The van der Waals surface area contributed by atoms with E-state index in [9.17, 15) is 14.7 Å². The Morgan fingerprint density at radius 1 is 1.36 bits per heavy atom. The summed E-state index contributed by atoms with van der Waals surface area (Å²) in [7, 11) is 0. The van der Waals surface area contributed by atoms with Gasteiger partial charge in [-0.2, -0.15) is 0 Å². The Morgan fingerprint density at radius 3 is 2.52 bits per heavy atom. The van der Waals surface area contributed by atoms with Crippen LogP contribution < -0.4 is 0 Å². The van der Waals surface area contributed by atoms with Crippen molar-refractivity contribution < 1.29 is 19.4 Å². The quantitative estimate of drug-likeness (QED) is 0.803. The summed E-state index contributed by atoms with van der Waals surface area (Å²) in [4.78, 5) is 26.5. The van der Waals surface area contributed by atoms with Crippen molar-refractivity contribution in [2.24, 2.45) is 5.92 Å². The molecule has 0 radical (unpaired) electrons. The first kappa shape index (κ1) is 19.2. The van der Waals surface area contributed by atoms with Gasteiger partial charge in [-0.05, 0) is 37.8 Å². The van der Waals surface area contributed by atoms with Gasteiger partial charge in [0.1, 0.15) is 5.60 Å². The molecule has 5 nitrogen and oxygen atoms in total. The number of hydrogen-bond donors (Lipinski definition) is 1. The van der Waals surface area contributed by atoms with Gasteiger partial charge in [-0.1, -0.05) is 50.8 Å². The van der Waals surface area contributed by atoms with Crippen molar-refractivity contribution in [1.29, 1.82) is 0 Å². The van der Waals surface area contributed by atoms with Crippen LogP contribution in [0.25, 0.3) is 0 Å². The molecule has 1 aromatic carbocycles. The zero-order valence-electron chi connectivity index (χ0n) is 15.4. The van der Waals surface area contributed by atoms with E-state index in [0.717, 1.165) is 5.56 Å². The number of benzene rings is 1. The highest BCUT2D eigenvalue weighted by Crippen LogP contribution is 2.33. The van der Waals surface area contributed by atoms with Crippen molar-refractivity contribution in [2.75, 3.05) is 0 Å². The third-order valence-corrected chi connectivity index (χ3v) is 4.91. The lowest BCUT2D eigenvalue weighted by atomic mass is 9.90. The number of amides is 2. The molecule has 3 atom stereocenters. The van der Waals surface area contributed by atoms with Crippen molar-refractivity contribution in [2.45, 2.75) is 58.3 Å². The third kappa shape index (κ3) is 3.93. The first-order valence-electron chi connectivity index (χ1n) is 8.64. The van der Waals surface area contributed by atoms with Gasteiger partial charge in [0.05, 0.1) is 18.1 Å². The molecule has 0 unspecified atom stereocenters. The van der Waals surface area contributed by atoms with Crippen LogP contribution in [-0.4, -0.2) is 39.8 Å². The molecule has 1 saturated heterocycles. The minimum Gasteiger partial charge on any atom is -0.441 e. The van der Waals surface area contributed by atoms with Crippen LogP contribution in [0.2, 0.25) is 0 Å². The number of aliphatic hydroxyl groups is 1. The molecule has 2 rings (SSSR count). The van der Waals surface area contributed by atoms with Gasteiger partial charge in [0.2, 0.25) is 5.91 Å². The lowest BCUT2D eigenvalue weighted by Crippen LogP contribution is -2.49. The fourth-order valence-electron chi connectivity index (χ4n) is 3.12. The Hall–Kier alpha value is -2.14. The molecule has 5 heteroatoms. The Labute approximate surface area is 149 Å². The van der Waals surface area contributed by atoms with Gasteiger partial charge >= 0.3 is 6.09 Å². The van der Waals surface area contributed by atoms with Crippen molar-refractivity contribution in [3.8, 4) is 0 Å². The summed E-state index contributed by atoms with van der Waals surface area (Å²) in [6.45, 7) is 10.9. The standard InChI is InChI=1S/C20H27NO4/c1-6-13(2)17(22)14(3)18(23)21-16(20(4,5)25-19(21)24)12-15-10-8-7-9-11-15/h7-11,14,16-17,22H,2,6,12H2,1,3-5H3/t14-,16-,17+/m0/s1. The molecule has 1 N–H and O–H groups in total. The highest BCUT2D eigenvalue weighted by molar-refractivity contribution is 5.95. The van der Waals surface area contributed by atoms with Gasteiger partial charge in [0, 0.05) is 0 Å². The summed E-state index contributed by atoms with van der Waals surface area (Å²) in [5.41, 5.74) is 0.796. The monoisotopic (exact) mass is 345 g/mol. The molecular weight excluding hydrogens is 318 g/mol. The molecule has 1 aromatic rings. The smallest absolute Gasteiger partial charge is 0.417 e. The summed E-state index contributed by atoms with van der Waals surface area (Å²) in [6.07, 6.45) is -0.561. The largest absolute Gasteiger partial charge is 0.441 e. The number of rotatable bonds is 6. The second-order valence-corrected chi connectivity index (χ2v) is 7.13. The molecule has 0 aromatic heterocycles. The summed E-state index contributed by atoms with van der Waals surface area (Å²) < 4.78 is 5.45. The SMILES string of the molecule is C=C(CC)[C@@H](O)[C@H](C)C(=O)N1C(=O)OC(C)(C)[C@@H]1Cc1ccccc1. The van der Waals surface area contributed by atoms with Gasteiger partial charge in [0.15, 0.2) is 0 Å². The topological polar surface area (TPSA) is 66.8 Å². The zero-order valence-corrected chi connectivity index (χ0v) is 15.4. The summed E-state index contributed by atoms with van der Waals surface area (Å²) >= 11 is 0. The first-order chi connectivity index (χ1) is 11.7. The van der Waals surface area contributed by atoms with Gasteiger partial charge in [-0.25, -0.2) is 9.69 Å². The lowest BCUT2D eigenvalue weighted by Gasteiger charge is -2.30. The number of carbonyl (C=O) groups is 2. The highest BCUT2D eigenvalue weighted by Gasteiger charge is 2.51. The summed E-state index contributed by atoms with van der Waals surface area (Å²) in [5.74, 6) is -1.19. The minimum absolute atomic E-state index is 0.431. The van der Waals surface area contributed by atoms with Gasteiger partial charge in [-0.3, -0.25) is 4.79 Å². The minimum atomic E-state index is -0.980. The van der Waals surface area contributed by atoms with Crippen LogP contribution in [0.3, 0.4) is 0 Å². The maximum atomic E-state index is 12.9. The van der Waals surface area contributed by atoms with Crippen molar-refractivity contribution in [3.05, 3.63) is 48.0 Å². The van der Waals surface area contributed by atoms with Gasteiger partial charge < -0.3 is 9.84 Å². The van der Waals surface area contributed by atoms with E-state index in [4.69, 9.17) is 4.74 Å². The zero-order chi connectivity index (χ0) is 18.8. The second-order valence-electron chi connectivity index (χ2n) is 7.13. The normalized spacial score (nSPS) is 21.6. The molecular formula is C20H27NO4. The molecule has 1 aliphatic rings. The molecule has 1 heterocycles. The van der Waals surface area contributed by atoms with Crippen LogP contribution in [-0.2, 0) is 16.0 Å². The third-order valence-electron chi connectivity index (χ3n) is 4.91. The average Bonchev–Trinajstić information content (AvgIpc) is 2.81. The predicted molar refractivity (Wildman–Crippen MR) is 95.9 cm³/mol. The summed E-state index contributed by atoms with van der Waals surface area (Å²) in [5, 5.41) is 10.3. The number of aliphatic hydroxyl groups excluding tert-OH is 1. The van der Waals surface area contributed by atoms with E-state index in [0.29, 0.717) is 18.4 Å².